The predicted octanol–water partition coefficient (Wildman–Crippen LogP) is 3.02. The van der Waals surface area contributed by atoms with E-state index in [1.165, 1.54) is 18.3 Å². The molecule has 1 atom stereocenters. The Bertz CT molecular complexity index is 484. The van der Waals surface area contributed by atoms with Crippen molar-refractivity contribution < 1.29 is 9.50 Å². The summed E-state index contributed by atoms with van der Waals surface area (Å²) in [5.74, 6) is -0.543. The molecular weight excluding hydrogens is 237 g/mol. The monoisotopic (exact) mass is 249 g/mol. The number of thioether (sulfide) groups is 1. The zero-order chi connectivity index (χ0) is 12.3. The number of hydrogen-bond acceptors (Lipinski definition) is 3. The van der Waals surface area contributed by atoms with Crippen molar-refractivity contribution >= 4 is 11.8 Å². The van der Waals surface area contributed by atoms with Crippen molar-refractivity contribution in [3.05, 3.63) is 59.7 Å². The number of pyridine rings is 1. The summed E-state index contributed by atoms with van der Waals surface area (Å²) in [5, 5.41) is 10.1. The van der Waals surface area contributed by atoms with E-state index in [9.17, 15) is 9.50 Å². The van der Waals surface area contributed by atoms with Crippen LogP contribution in [0, 0.1) is 5.95 Å². The summed E-state index contributed by atoms with van der Waals surface area (Å²) >= 11 is 1.64. The Balaban J connectivity index is 2.23. The molecule has 0 saturated carbocycles. The third-order valence-corrected chi connectivity index (χ3v) is 3.24. The molecule has 1 unspecified atom stereocenters. The zero-order valence-electron chi connectivity index (χ0n) is 9.30. The van der Waals surface area contributed by atoms with Gasteiger partial charge in [-0.3, -0.25) is 0 Å². The SMILES string of the molecule is CSc1ccc(C(O)c2ccc(F)nc2)cc1. The Kier molecular flexibility index (Phi) is 3.76. The molecule has 0 fully saturated rings. The largest absolute Gasteiger partial charge is 0.384 e. The first-order valence-electron chi connectivity index (χ1n) is 5.14. The Morgan fingerprint density at radius 3 is 2.29 bits per heavy atom. The van der Waals surface area contributed by atoms with Crippen LogP contribution in [0.2, 0.25) is 0 Å². The van der Waals surface area contributed by atoms with Crippen LogP contribution in [0.15, 0.2) is 47.5 Å². The maximum absolute atomic E-state index is 12.7. The van der Waals surface area contributed by atoms with Crippen LogP contribution in [0.5, 0.6) is 0 Å². The average Bonchev–Trinajstić information content (AvgIpc) is 2.39. The van der Waals surface area contributed by atoms with Crippen molar-refractivity contribution in [1.82, 2.24) is 4.98 Å². The summed E-state index contributed by atoms with van der Waals surface area (Å²) in [6.07, 6.45) is 2.58. The van der Waals surface area contributed by atoms with Crippen LogP contribution in [-0.4, -0.2) is 16.3 Å². The van der Waals surface area contributed by atoms with Gasteiger partial charge in [-0.1, -0.05) is 18.2 Å². The second kappa shape index (κ2) is 5.29. The molecule has 4 heteroatoms. The van der Waals surface area contributed by atoms with E-state index in [4.69, 9.17) is 0 Å². The van der Waals surface area contributed by atoms with Crippen molar-refractivity contribution in [3.63, 3.8) is 0 Å². The molecule has 17 heavy (non-hydrogen) atoms. The summed E-state index contributed by atoms with van der Waals surface area (Å²) in [7, 11) is 0. The molecule has 2 nitrogen and oxygen atoms in total. The number of hydrogen-bond donors (Lipinski definition) is 1. The van der Waals surface area contributed by atoms with Gasteiger partial charge in [-0.05, 0) is 30.0 Å². The van der Waals surface area contributed by atoms with Crippen LogP contribution >= 0.6 is 11.8 Å². The van der Waals surface area contributed by atoms with E-state index in [0.29, 0.717) is 5.56 Å². The molecule has 0 bridgehead atoms. The van der Waals surface area contributed by atoms with Gasteiger partial charge in [0.1, 0.15) is 6.10 Å². The zero-order valence-corrected chi connectivity index (χ0v) is 10.1. The molecule has 1 heterocycles. The van der Waals surface area contributed by atoms with Crippen LogP contribution in [0.3, 0.4) is 0 Å². The molecule has 0 spiro atoms. The Labute approximate surface area is 104 Å². The molecule has 0 radical (unpaired) electrons. The smallest absolute Gasteiger partial charge is 0.212 e. The summed E-state index contributed by atoms with van der Waals surface area (Å²) in [5.41, 5.74) is 1.36. The van der Waals surface area contributed by atoms with Gasteiger partial charge in [0.15, 0.2) is 0 Å². The summed E-state index contributed by atoms with van der Waals surface area (Å²) in [6.45, 7) is 0. The normalized spacial score (nSPS) is 12.4. The first kappa shape index (κ1) is 12.1. The number of aliphatic hydroxyl groups is 1. The van der Waals surface area contributed by atoms with E-state index in [-0.39, 0.29) is 0 Å². The van der Waals surface area contributed by atoms with E-state index >= 15 is 0 Å². The van der Waals surface area contributed by atoms with Crippen molar-refractivity contribution in [2.75, 3.05) is 6.26 Å². The fraction of sp³-hybridized carbons (Fsp3) is 0.154. The molecule has 1 N–H and O–H groups in total. The number of aromatic nitrogens is 1. The fourth-order valence-electron chi connectivity index (χ4n) is 1.53. The molecule has 1 aromatic carbocycles. The van der Waals surface area contributed by atoms with Crippen molar-refractivity contribution in [3.8, 4) is 0 Å². The number of rotatable bonds is 3. The number of nitrogens with zero attached hydrogens (tertiary/aromatic N) is 1. The van der Waals surface area contributed by atoms with Crippen LogP contribution in [0.1, 0.15) is 17.2 Å². The van der Waals surface area contributed by atoms with Crippen molar-refractivity contribution in [1.29, 1.82) is 0 Å². The standard InChI is InChI=1S/C13H12FNOS/c1-17-11-5-2-9(3-6-11)13(16)10-4-7-12(14)15-8-10/h2-8,13,16H,1H3. The highest BCUT2D eigenvalue weighted by atomic mass is 32.2. The predicted molar refractivity (Wildman–Crippen MR) is 66.5 cm³/mol. The van der Waals surface area contributed by atoms with Gasteiger partial charge in [0.25, 0.3) is 0 Å². The summed E-state index contributed by atoms with van der Waals surface area (Å²) < 4.78 is 12.7. The van der Waals surface area contributed by atoms with Gasteiger partial charge in [0.05, 0.1) is 0 Å². The Hall–Kier alpha value is -1.39. The van der Waals surface area contributed by atoms with Gasteiger partial charge in [0.2, 0.25) is 5.95 Å². The lowest BCUT2D eigenvalue weighted by atomic mass is 10.0. The van der Waals surface area contributed by atoms with E-state index in [2.05, 4.69) is 4.98 Å². The third-order valence-electron chi connectivity index (χ3n) is 2.50. The maximum Gasteiger partial charge on any atom is 0.212 e. The highest BCUT2D eigenvalue weighted by molar-refractivity contribution is 7.98. The first-order valence-corrected chi connectivity index (χ1v) is 6.36. The van der Waals surface area contributed by atoms with Crippen LogP contribution in [0.4, 0.5) is 4.39 Å². The van der Waals surface area contributed by atoms with E-state index in [1.807, 2.05) is 30.5 Å². The van der Waals surface area contributed by atoms with Gasteiger partial charge >= 0.3 is 0 Å². The van der Waals surface area contributed by atoms with E-state index in [1.54, 1.807) is 11.8 Å². The highest BCUT2D eigenvalue weighted by Crippen LogP contribution is 2.23. The topological polar surface area (TPSA) is 33.1 Å². The molecule has 0 amide bonds. The Morgan fingerprint density at radius 1 is 1.12 bits per heavy atom. The number of benzene rings is 1. The summed E-state index contributed by atoms with van der Waals surface area (Å²) in [4.78, 5) is 4.67. The van der Waals surface area contributed by atoms with Gasteiger partial charge in [0, 0.05) is 16.7 Å². The molecule has 2 rings (SSSR count). The second-order valence-electron chi connectivity index (χ2n) is 3.59. The average molecular weight is 249 g/mol. The number of aliphatic hydroxyl groups excluding tert-OH is 1. The highest BCUT2D eigenvalue weighted by Gasteiger charge is 2.10. The molecule has 2 aromatic rings. The molecule has 1 aromatic heterocycles. The quantitative estimate of drug-likeness (QED) is 0.670. The lowest BCUT2D eigenvalue weighted by molar-refractivity contribution is 0.219. The minimum absolute atomic E-state index is 0.543. The van der Waals surface area contributed by atoms with Gasteiger partial charge in [-0.15, -0.1) is 11.8 Å². The molecule has 0 saturated heterocycles. The lowest BCUT2D eigenvalue weighted by Gasteiger charge is -2.11. The van der Waals surface area contributed by atoms with Crippen molar-refractivity contribution in [2.24, 2.45) is 0 Å². The van der Waals surface area contributed by atoms with Crippen molar-refractivity contribution in [2.45, 2.75) is 11.0 Å². The molecular formula is C13H12FNOS. The van der Waals surface area contributed by atoms with Crippen LogP contribution in [-0.2, 0) is 0 Å². The molecule has 0 aliphatic carbocycles. The van der Waals surface area contributed by atoms with Crippen LogP contribution in [0.25, 0.3) is 0 Å². The lowest BCUT2D eigenvalue weighted by Crippen LogP contribution is -2.00. The first-order chi connectivity index (χ1) is 8.20. The van der Waals surface area contributed by atoms with Gasteiger partial charge in [-0.2, -0.15) is 4.39 Å². The van der Waals surface area contributed by atoms with Gasteiger partial charge in [-0.25, -0.2) is 4.98 Å². The second-order valence-corrected chi connectivity index (χ2v) is 4.47. The fourth-order valence-corrected chi connectivity index (χ4v) is 1.94. The van der Waals surface area contributed by atoms with E-state index in [0.717, 1.165) is 10.5 Å². The molecule has 88 valence electrons. The molecule has 0 aliphatic rings. The third kappa shape index (κ3) is 2.84. The minimum Gasteiger partial charge on any atom is -0.384 e. The Morgan fingerprint density at radius 2 is 1.76 bits per heavy atom. The minimum atomic E-state index is -0.765. The number of halogens is 1. The summed E-state index contributed by atoms with van der Waals surface area (Å²) in [6, 6.07) is 10.4. The van der Waals surface area contributed by atoms with Gasteiger partial charge < -0.3 is 5.11 Å². The van der Waals surface area contributed by atoms with Crippen LogP contribution < -0.4 is 0 Å². The van der Waals surface area contributed by atoms with E-state index < -0.39 is 12.1 Å². The molecule has 0 aliphatic heterocycles. The maximum atomic E-state index is 12.7.